The lowest BCUT2D eigenvalue weighted by Gasteiger charge is -2.27. The van der Waals surface area contributed by atoms with Crippen molar-refractivity contribution in [1.82, 2.24) is 15.5 Å². The highest BCUT2D eigenvalue weighted by molar-refractivity contribution is 6.09. The quantitative estimate of drug-likeness (QED) is 0.734. The van der Waals surface area contributed by atoms with E-state index in [2.05, 4.69) is 10.6 Å². The van der Waals surface area contributed by atoms with Crippen LogP contribution in [-0.2, 0) is 15.1 Å². The van der Waals surface area contributed by atoms with Gasteiger partial charge in [0.1, 0.15) is 17.8 Å². The summed E-state index contributed by atoms with van der Waals surface area (Å²) < 4.78 is 5.26. The van der Waals surface area contributed by atoms with Gasteiger partial charge in [0, 0.05) is 0 Å². The Bertz CT molecular complexity index is 819. The second kappa shape index (κ2) is 7.65. The number of furan rings is 1. The summed E-state index contributed by atoms with van der Waals surface area (Å²) in [6.07, 6.45) is 2.69. The maximum absolute atomic E-state index is 13.1. The Balaban J connectivity index is 1.76. The molecule has 0 saturated carbocycles. The number of hydrogen-bond acceptors (Lipinski definition) is 4. The maximum atomic E-state index is 13.1. The Hall–Kier alpha value is -3.09. The molecule has 2 heterocycles. The first-order chi connectivity index (χ1) is 13.0. The van der Waals surface area contributed by atoms with Crippen LogP contribution in [0.3, 0.4) is 0 Å². The van der Waals surface area contributed by atoms with E-state index in [-0.39, 0.29) is 12.6 Å². The second-order valence-corrected chi connectivity index (χ2v) is 6.65. The van der Waals surface area contributed by atoms with Crippen LogP contribution in [-0.4, -0.2) is 29.3 Å². The summed E-state index contributed by atoms with van der Waals surface area (Å²) in [5.74, 6) is -0.228. The van der Waals surface area contributed by atoms with Crippen molar-refractivity contribution < 1.29 is 18.8 Å². The van der Waals surface area contributed by atoms with Crippen LogP contribution in [0.4, 0.5) is 4.79 Å². The summed E-state index contributed by atoms with van der Waals surface area (Å²) in [6, 6.07) is 11.7. The fourth-order valence-corrected chi connectivity index (χ4v) is 3.42. The van der Waals surface area contributed by atoms with Crippen LogP contribution < -0.4 is 10.6 Å². The molecule has 2 atom stereocenters. The predicted octanol–water partition coefficient (Wildman–Crippen LogP) is 2.70. The minimum Gasteiger partial charge on any atom is -0.467 e. The summed E-state index contributed by atoms with van der Waals surface area (Å²) in [6.45, 7) is 3.38. The van der Waals surface area contributed by atoms with Crippen molar-refractivity contribution in [2.75, 3.05) is 6.54 Å². The van der Waals surface area contributed by atoms with Crippen LogP contribution >= 0.6 is 0 Å². The molecule has 1 saturated heterocycles. The number of imide groups is 1. The average Bonchev–Trinajstić information content (AvgIpc) is 3.27. The lowest BCUT2D eigenvalue weighted by molar-refractivity contribution is -0.135. The average molecular weight is 369 g/mol. The second-order valence-electron chi connectivity index (χ2n) is 6.65. The number of carbonyl (C=O) groups is 3. The third-order valence-corrected chi connectivity index (χ3v) is 4.72. The van der Waals surface area contributed by atoms with Gasteiger partial charge in [-0.25, -0.2) is 4.79 Å². The van der Waals surface area contributed by atoms with Crippen LogP contribution in [0.1, 0.15) is 44.1 Å². The molecule has 0 aliphatic carbocycles. The van der Waals surface area contributed by atoms with E-state index in [1.165, 1.54) is 6.26 Å². The Kier molecular flexibility index (Phi) is 5.30. The molecule has 1 aliphatic heterocycles. The van der Waals surface area contributed by atoms with Crippen LogP contribution in [0.25, 0.3) is 0 Å². The smallest absolute Gasteiger partial charge is 0.325 e. The molecule has 0 bridgehead atoms. The van der Waals surface area contributed by atoms with Crippen molar-refractivity contribution in [3.8, 4) is 0 Å². The molecular formula is C20H23N3O4. The number of carbonyl (C=O) groups excluding carboxylic acids is 3. The molecule has 0 radical (unpaired) electrons. The van der Waals surface area contributed by atoms with Crippen molar-refractivity contribution in [3.63, 3.8) is 0 Å². The Morgan fingerprint density at radius 2 is 1.96 bits per heavy atom. The molecule has 1 aliphatic rings. The number of benzene rings is 1. The zero-order chi connectivity index (χ0) is 19.4. The highest BCUT2D eigenvalue weighted by atomic mass is 16.3. The Morgan fingerprint density at radius 1 is 1.22 bits per heavy atom. The Labute approximate surface area is 157 Å². The fourth-order valence-electron chi connectivity index (χ4n) is 3.42. The van der Waals surface area contributed by atoms with Gasteiger partial charge in [0.25, 0.3) is 5.91 Å². The van der Waals surface area contributed by atoms with Gasteiger partial charge in [-0.05, 0) is 31.0 Å². The first kappa shape index (κ1) is 18.7. The molecule has 3 rings (SSSR count). The van der Waals surface area contributed by atoms with Crippen molar-refractivity contribution in [2.45, 2.75) is 38.3 Å². The van der Waals surface area contributed by atoms with E-state index in [4.69, 9.17) is 4.42 Å². The van der Waals surface area contributed by atoms with Crippen molar-refractivity contribution in [3.05, 3.63) is 60.1 Å². The largest absolute Gasteiger partial charge is 0.467 e. The van der Waals surface area contributed by atoms with Crippen LogP contribution in [0.5, 0.6) is 0 Å². The van der Waals surface area contributed by atoms with E-state index in [0.29, 0.717) is 18.6 Å². The highest BCUT2D eigenvalue weighted by Gasteiger charge is 2.52. The van der Waals surface area contributed by atoms with Crippen molar-refractivity contribution in [2.24, 2.45) is 0 Å². The number of amides is 4. The molecule has 1 aromatic heterocycles. The van der Waals surface area contributed by atoms with E-state index >= 15 is 0 Å². The number of urea groups is 1. The molecule has 2 aromatic rings. The molecular weight excluding hydrogens is 346 g/mol. The van der Waals surface area contributed by atoms with Crippen molar-refractivity contribution in [1.29, 1.82) is 0 Å². The summed E-state index contributed by atoms with van der Waals surface area (Å²) >= 11 is 0. The summed E-state index contributed by atoms with van der Waals surface area (Å²) in [5.41, 5.74) is -0.405. The zero-order valence-corrected chi connectivity index (χ0v) is 15.4. The van der Waals surface area contributed by atoms with Crippen LogP contribution in [0.15, 0.2) is 53.1 Å². The summed E-state index contributed by atoms with van der Waals surface area (Å²) in [4.78, 5) is 39.0. The molecule has 7 nitrogen and oxygen atoms in total. The minimum atomic E-state index is -1.12. The molecule has 142 valence electrons. The van der Waals surface area contributed by atoms with Gasteiger partial charge < -0.3 is 15.1 Å². The van der Waals surface area contributed by atoms with E-state index in [1.54, 1.807) is 19.1 Å². The zero-order valence-electron chi connectivity index (χ0n) is 15.4. The van der Waals surface area contributed by atoms with Gasteiger partial charge in [0.15, 0.2) is 0 Å². The lowest BCUT2D eigenvalue weighted by Crippen LogP contribution is -2.45. The minimum absolute atomic E-state index is 0.339. The van der Waals surface area contributed by atoms with Crippen LogP contribution in [0.2, 0.25) is 0 Å². The normalized spacial score (nSPS) is 20.4. The third-order valence-electron chi connectivity index (χ3n) is 4.72. The fraction of sp³-hybridized carbons (Fsp3) is 0.350. The number of hydrogen-bond donors (Lipinski definition) is 2. The SMILES string of the molecule is CCC[C@@]1(c2ccccc2)NC(=O)N(CC(=O)N[C@@H](C)c2ccco2)C1=O. The van der Waals surface area contributed by atoms with Gasteiger partial charge >= 0.3 is 6.03 Å². The first-order valence-corrected chi connectivity index (χ1v) is 9.00. The summed E-state index contributed by atoms with van der Waals surface area (Å²) in [7, 11) is 0. The molecule has 2 N–H and O–H groups in total. The molecule has 27 heavy (non-hydrogen) atoms. The lowest BCUT2D eigenvalue weighted by atomic mass is 9.85. The van der Waals surface area contributed by atoms with Gasteiger partial charge in [-0.1, -0.05) is 43.7 Å². The first-order valence-electron chi connectivity index (χ1n) is 9.00. The number of nitrogens with zero attached hydrogens (tertiary/aromatic N) is 1. The molecule has 1 fully saturated rings. The maximum Gasteiger partial charge on any atom is 0.325 e. The van der Waals surface area contributed by atoms with Crippen molar-refractivity contribution >= 4 is 17.8 Å². The Morgan fingerprint density at radius 3 is 2.59 bits per heavy atom. The monoisotopic (exact) mass is 369 g/mol. The van der Waals surface area contributed by atoms with Gasteiger partial charge in [-0.3, -0.25) is 14.5 Å². The highest BCUT2D eigenvalue weighted by Crippen LogP contribution is 2.33. The van der Waals surface area contributed by atoms with E-state index in [1.807, 2.05) is 37.3 Å². The van der Waals surface area contributed by atoms with Gasteiger partial charge in [0.05, 0.1) is 12.3 Å². The van der Waals surface area contributed by atoms with E-state index in [0.717, 1.165) is 10.5 Å². The summed E-state index contributed by atoms with van der Waals surface area (Å²) in [5, 5.41) is 5.55. The van der Waals surface area contributed by atoms with E-state index in [9.17, 15) is 14.4 Å². The predicted molar refractivity (Wildman–Crippen MR) is 98.5 cm³/mol. The standard InChI is InChI=1S/C20H23N3O4/c1-3-11-20(15-8-5-4-6-9-15)18(25)23(19(26)22-20)13-17(24)21-14(2)16-10-7-12-27-16/h4-10,12,14H,3,11,13H2,1-2H3,(H,21,24)(H,22,26)/t14-,20-/m0/s1. The van der Waals surface area contributed by atoms with Crippen LogP contribution in [0, 0.1) is 0 Å². The number of nitrogens with one attached hydrogen (secondary N) is 2. The molecule has 7 heteroatoms. The van der Waals surface area contributed by atoms with Gasteiger partial charge in [0.2, 0.25) is 5.91 Å². The van der Waals surface area contributed by atoms with Gasteiger partial charge in [-0.15, -0.1) is 0 Å². The molecule has 0 spiro atoms. The van der Waals surface area contributed by atoms with E-state index < -0.39 is 23.4 Å². The van der Waals surface area contributed by atoms with Gasteiger partial charge in [-0.2, -0.15) is 0 Å². The number of rotatable bonds is 7. The molecule has 4 amide bonds. The molecule has 0 unspecified atom stereocenters. The third kappa shape index (κ3) is 3.58. The molecule has 1 aromatic carbocycles. The topological polar surface area (TPSA) is 91.7 Å².